The molecule has 0 atom stereocenters. The number of carbonyl (C=O) groups is 1. The topological polar surface area (TPSA) is 125 Å². The number of aromatic nitrogens is 4. The van der Waals surface area contributed by atoms with Crippen molar-refractivity contribution in [3.63, 3.8) is 0 Å². The Kier molecular flexibility index (Phi) is 8.99. The molecule has 1 aliphatic carbocycles. The average Bonchev–Trinajstić information content (AvgIpc) is 3.57. The fraction of sp³-hybridized carbons (Fsp3) is 0.323. The molecule has 0 spiro atoms. The molecule has 3 heterocycles. The van der Waals surface area contributed by atoms with Gasteiger partial charge in [0, 0.05) is 52.3 Å². The van der Waals surface area contributed by atoms with E-state index in [1.165, 1.54) is 32.1 Å². The lowest BCUT2D eigenvalue weighted by Crippen LogP contribution is -2.22. The van der Waals surface area contributed by atoms with Crippen molar-refractivity contribution in [1.82, 2.24) is 19.7 Å². The number of carbonyl (C=O) groups excluding carboxylic acids is 1. The van der Waals surface area contributed by atoms with Crippen molar-refractivity contribution in [2.75, 3.05) is 7.11 Å². The number of benzene rings is 2. The van der Waals surface area contributed by atoms with E-state index in [4.69, 9.17) is 16.2 Å². The monoisotopic (exact) mass is 526 g/mol. The lowest BCUT2D eigenvalue weighted by Gasteiger charge is -2.15. The molecular weight excluding hydrogens is 488 g/mol. The number of nitrogens with two attached hydrogens (primary N) is 2. The van der Waals surface area contributed by atoms with Crippen LogP contribution in [0.3, 0.4) is 0 Å². The summed E-state index contributed by atoms with van der Waals surface area (Å²) in [7, 11) is 3.53. The van der Waals surface area contributed by atoms with E-state index < -0.39 is 5.91 Å². The van der Waals surface area contributed by atoms with Crippen LogP contribution >= 0.6 is 0 Å². The van der Waals surface area contributed by atoms with Crippen LogP contribution in [0.2, 0.25) is 0 Å². The number of nitrogens with zero attached hydrogens (tertiary/aromatic N) is 3. The molecule has 0 radical (unpaired) electrons. The van der Waals surface area contributed by atoms with Crippen molar-refractivity contribution in [2.45, 2.75) is 52.0 Å². The van der Waals surface area contributed by atoms with Crippen LogP contribution in [0, 0.1) is 0 Å². The molecule has 0 bridgehead atoms. The van der Waals surface area contributed by atoms with Crippen LogP contribution < -0.4 is 16.2 Å². The Bertz CT molecular complexity index is 1550. The lowest BCUT2D eigenvalue weighted by atomic mass is 9.97. The van der Waals surface area contributed by atoms with E-state index in [0.29, 0.717) is 11.6 Å². The number of methoxy groups -OCH3 is 1. The number of amides is 1. The van der Waals surface area contributed by atoms with Crippen molar-refractivity contribution < 1.29 is 9.53 Å². The van der Waals surface area contributed by atoms with E-state index in [1.807, 2.05) is 57.6 Å². The minimum absolute atomic E-state index is 0.453. The van der Waals surface area contributed by atoms with Gasteiger partial charge >= 0.3 is 0 Å². The standard InChI is InChI=1S/C23H19N5O2.C6H13N.C2H6/c1-28-12-15(10-26-28)18-9-16-19(11-25-18)27-17-7-8-20(30-2)21(22(16)17)13-3-5-14(6-4-13)23(24)29;7-6-4-2-1-3-5-6;1-2/h3-12,27H,1-2H3,(H2,24,29);6H,1-5,7H2;1-2H3. The van der Waals surface area contributed by atoms with Gasteiger partial charge in [0.1, 0.15) is 5.75 Å². The number of aromatic amines is 1. The van der Waals surface area contributed by atoms with Gasteiger partial charge in [0.2, 0.25) is 5.91 Å². The third kappa shape index (κ3) is 6.12. The van der Waals surface area contributed by atoms with Gasteiger partial charge in [-0.25, -0.2) is 0 Å². The van der Waals surface area contributed by atoms with Gasteiger partial charge in [-0.3, -0.25) is 14.5 Å². The number of hydrogen-bond acceptors (Lipinski definition) is 5. The Balaban J connectivity index is 0.000000338. The number of primary amides is 1. The van der Waals surface area contributed by atoms with Gasteiger partial charge in [0.15, 0.2) is 0 Å². The van der Waals surface area contributed by atoms with Gasteiger partial charge in [-0.15, -0.1) is 0 Å². The van der Waals surface area contributed by atoms with Gasteiger partial charge in [-0.1, -0.05) is 45.2 Å². The molecule has 1 amide bonds. The van der Waals surface area contributed by atoms with Gasteiger partial charge in [0.05, 0.1) is 30.7 Å². The van der Waals surface area contributed by atoms with Crippen molar-refractivity contribution in [3.8, 4) is 28.1 Å². The Morgan fingerprint density at radius 3 is 2.28 bits per heavy atom. The first-order chi connectivity index (χ1) is 18.9. The van der Waals surface area contributed by atoms with E-state index in [1.54, 1.807) is 30.1 Å². The summed E-state index contributed by atoms with van der Waals surface area (Å²) in [5.74, 6) is 0.293. The summed E-state index contributed by atoms with van der Waals surface area (Å²) in [6.45, 7) is 4.00. The number of rotatable bonds is 4. The number of nitrogens with one attached hydrogen (secondary N) is 1. The number of H-pyrrole nitrogens is 1. The highest BCUT2D eigenvalue weighted by Crippen LogP contribution is 2.41. The summed E-state index contributed by atoms with van der Waals surface area (Å²) in [4.78, 5) is 19.5. The first kappa shape index (κ1) is 27.9. The molecular formula is C31H38N6O2. The van der Waals surface area contributed by atoms with Crippen molar-refractivity contribution in [2.24, 2.45) is 18.5 Å². The third-order valence-corrected chi connectivity index (χ3v) is 6.94. The van der Waals surface area contributed by atoms with Gasteiger partial charge in [-0.05, 0) is 48.7 Å². The summed E-state index contributed by atoms with van der Waals surface area (Å²) >= 11 is 0. The van der Waals surface area contributed by atoms with Crippen LogP contribution in [0.5, 0.6) is 5.75 Å². The van der Waals surface area contributed by atoms with Crippen molar-refractivity contribution in [3.05, 3.63) is 66.6 Å². The maximum Gasteiger partial charge on any atom is 0.248 e. The predicted molar refractivity (Wildman–Crippen MR) is 159 cm³/mol. The molecule has 5 N–H and O–H groups in total. The van der Waals surface area contributed by atoms with E-state index in [9.17, 15) is 4.79 Å². The van der Waals surface area contributed by atoms with Gasteiger partial charge in [-0.2, -0.15) is 5.10 Å². The van der Waals surface area contributed by atoms with Crippen molar-refractivity contribution >= 4 is 27.7 Å². The van der Waals surface area contributed by atoms with Gasteiger partial charge in [0.25, 0.3) is 0 Å². The molecule has 0 aliphatic heterocycles. The summed E-state index contributed by atoms with van der Waals surface area (Å²) < 4.78 is 7.44. The zero-order valence-electron chi connectivity index (χ0n) is 23.2. The molecule has 1 fully saturated rings. The van der Waals surface area contributed by atoms with E-state index in [-0.39, 0.29) is 0 Å². The van der Waals surface area contributed by atoms with E-state index in [2.05, 4.69) is 21.1 Å². The number of pyridine rings is 1. The first-order valence-corrected chi connectivity index (χ1v) is 13.6. The molecule has 1 saturated carbocycles. The first-order valence-electron chi connectivity index (χ1n) is 13.6. The van der Waals surface area contributed by atoms with Crippen LogP contribution in [0.15, 0.2) is 61.1 Å². The van der Waals surface area contributed by atoms with Crippen LogP contribution in [-0.2, 0) is 7.05 Å². The quantitative estimate of drug-likeness (QED) is 0.257. The highest BCUT2D eigenvalue weighted by Gasteiger charge is 2.17. The summed E-state index contributed by atoms with van der Waals surface area (Å²) in [6.07, 6.45) is 12.2. The summed E-state index contributed by atoms with van der Waals surface area (Å²) in [5, 5.41) is 6.31. The number of ether oxygens (including phenoxy) is 1. The van der Waals surface area contributed by atoms with Crippen LogP contribution in [0.4, 0.5) is 0 Å². The average molecular weight is 527 g/mol. The Morgan fingerprint density at radius 2 is 1.72 bits per heavy atom. The fourth-order valence-corrected chi connectivity index (χ4v) is 4.98. The molecule has 1 aliphatic rings. The van der Waals surface area contributed by atoms with Crippen LogP contribution in [0.1, 0.15) is 56.3 Å². The normalized spacial score (nSPS) is 13.4. The molecule has 0 unspecified atom stereocenters. The van der Waals surface area contributed by atoms with Crippen LogP contribution in [0.25, 0.3) is 44.2 Å². The second kappa shape index (κ2) is 12.6. The van der Waals surface area contributed by atoms with E-state index in [0.717, 1.165) is 49.9 Å². The highest BCUT2D eigenvalue weighted by atomic mass is 16.5. The molecule has 6 rings (SSSR count). The molecule has 204 valence electrons. The minimum atomic E-state index is -0.453. The molecule has 8 nitrogen and oxygen atoms in total. The number of hydrogen-bond donors (Lipinski definition) is 3. The second-order valence-electron chi connectivity index (χ2n) is 9.55. The summed E-state index contributed by atoms with van der Waals surface area (Å²) in [5.41, 5.74) is 17.1. The zero-order valence-corrected chi connectivity index (χ0v) is 23.2. The SMILES string of the molecule is CC.COc1ccc2[nH]c3cnc(-c4cnn(C)c4)cc3c2c1-c1ccc(C(N)=O)cc1.NC1CCCCC1. The Hall–Kier alpha value is -4.17. The molecule has 3 aromatic heterocycles. The predicted octanol–water partition coefficient (Wildman–Crippen LogP) is 6.20. The van der Waals surface area contributed by atoms with Gasteiger partial charge < -0.3 is 21.2 Å². The lowest BCUT2D eigenvalue weighted by molar-refractivity contribution is 0.100. The van der Waals surface area contributed by atoms with Crippen LogP contribution in [-0.4, -0.2) is 38.8 Å². The largest absolute Gasteiger partial charge is 0.496 e. The Morgan fingerprint density at radius 1 is 1.00 bits per heavy atom. The molecule has 0 saturated heterocycles. The minimum Gasteiger partial charge on any atom is -0.496 e. The molecule has 5 aromatic rings. The maximum absolute atomic E-state index is 11.5. The smallest absolute Gasteiger partial charge is 0.248 e. The highest BCUT2D eigenvalue weighted by molar-refractivity contribution is 6.16. The second-order valence-corrected chi connectivity index (χ2v) is 9.55. The molecule has 8 heteroatoms. The maximum atomic E-state index is 11.5. The molecule has 39 heavy (non-hydrogen) atoms. The zero-order chi connectivity index (χ0) is 27.9. The third-order valence-electron chi connectivity index (χ3n) is 6.94. The fourth-order valence-electron chi connectivity index (χ4n) is 4.98. The molecule has 2 aromatic carbocycles. The Labute approximate surface area is 229 Å². The van der Waals surface area contributed by atoms with Crippen molar-refractivity contribution in [1.29, 1.82) is 0 Å². The number of aryl methyl sites for hydroxylation is 1. The summed E-state index contributed by atoms with van der Waals surface area (Å²) in [6, 6.07) is 13.8. The van der Waals surface area contributed by atoms with E-state index >= 15 is 0 Å². The number of fused-ring (bicyclic) bond motifs is 3.